The minimum absolute atomic E-state index is 0.166. The fourth-order valence-corrected chi connectivity index (χ4v) is 2.04. The van der Waals surface area contributed by atoms with Crippen molar-refractivity contribution >= 4 is 11.3 Å². The van der Waals surface area contributed by atoms with Crippen LogP contribution in [0.5, 0.6) is 0 Å². The minimum Gasteiger partial charge on any atom is -0.271 e. The third-order valence-electron chi connectivity index (χ3n) is 2.01. The summed E-state index contributed by atoms with van der Waals surface area (Å²) in [6, 6.07) is 3.29. The van der Waals surface area contributed by atoms with Gasteiger partial charge in [0.15, 0.2) is 0 Å². The average molecular weight is 241 g/mol. The van der Waals surface area contributed by atoms with Gasteiger partial charge in [0.1, 0.15) is 16.6 Å². The van der Waals surface area contributed by atoms with Crippen molar-refractivity contribution in [2.45, 2.75) is 6.54 Å². The summed E-state index contributed by atoms with van der Waals surface area (Å²) >= 11 is 1.34. The predicted molar refractivity (Wildman–Crippen MR) is 58.5 cm³/mol. The van der Waals surface area contributed by atoms with Gasteiger partial charge in [0.05, 0.1) is 12.2 Å². The zero-order valence-electron chi connectivity index (χ0n) is 8.21. The zero-order chi connectivity index (χ0) is 11.5. The molecule has 84 valence electrons. The van der Waals surface area contributed by atoms with E-state index in [0.29, 0.717) is 12.2 Å². The highest BCUT2D eigenvalue weighted by Gasteiger charge is 2.10. The molecule has 0 saturated heterocycles. The van der Waals surface area contributed by atoms with Gasteiger partial charge in [0.2, 0.25) is 0 Å². The summed E-state index contributed by atoms with van der Waals surface area (Å²) in [4.78, 5) is 4.14. The molecular weight excluding hydrogens is 232 g/mol. The van der Waals surface area contributed by atoms with Crippen LogP contribution in [0.1, 0.15) is 5.01 Å². The Kier molecular flexibility index (Phi) is 3.23. The average Bonchev–Trinajstić information content (AvgIpc) is 2.71. The number of halogens is 2. The van der Waals surface area contributed by atoms with Gasteiger partial charge >= 0.3 is 0 Å². The lowest BCUT2D eigenvalue weighted by Crippen LogP contribution is -2.20. The van der Waals surface area contributed by atoms with Crippen LogP contribution in [0.2, 0.25) is 0 Å². The number of nitrogens with two attached hydrogens (primary N) is 1. The summed E-state index contributed by atoms with van der Waals surface area (Å²) in [6.45, 7) is 0.404. The minimum atomic E-state index is -0.487. The van der Waals surface area contributed by atoms with Crippen LogP contribution < -0.4 is 11.3 Å². The molecule has 0 fully saturated rings. The molecule has 1 aromatic carbocycles. The summed E-state index contributed by atoms with van der Waals surface area (Å²) in [6.07, 6.45) is 0. The van der Waals surface area contributed by atoms with Crippen molar-refractivity contribution < 1.29 is 8.78 Å². The molecule has 0 spiro atoms. The van der Waals surface area contributed by atoms with E-state index in [0.717, 1.165) is 23.2 Å². The Hall–Kier alpha value is -1.37. The fourth-order valence-electron chi connectivity index (χ4n) is 1.30. The SMILES string of the molecule is NNCc1nc(-c2cc(F)ccc2F)cs1. The Balaban J connectivity index is 2.38. The maximum absolute atomic E-state index is 13.4. The molecule has 6 heteroatoms. The molecular formula is C10H9F2N3S. The summed E-state index contributed by atoms with van der Waals surface area (Å²) in [7, 11) is 0. The van der Waals surface area contributed by atoms with E-state index in [1.54, 1.807) is 5.38 Å². The van der Waals surface area contributed by atoms with Crippen molar-refractivity contribution in [2.75, 3.05) is 0 Å². The van der Waals surface area contributed by atoms with Crippen molar-refractivity contribution in [2.24, 2.45) is 5.84 Å². The summed E-state index contributed by atoms with van der Waals surface area (Å²) in [5, 5.41) is 2.39. The molecule has 0 aliphatic rings. The fraction of sp³-hybridized carbons (Fsp3) is 0.100. The topological polar surface area (TPSA) is 50.9 Å². The standard InChI is InChI=1S/C10H9F2N3S/c11-6-1-2-8(12)7(3-6)9-5-16-10(15-9)4-14-13/h1-3,5,14H,4,13H2. The normalized spacial score (nSPS) is 10.7. The molecule has 0 aliphatic heterocycles. The van der Waals surface area contributed by atoms with Gasteiger partial charge in [-0.2, -0.15) is 0 Å². The number of hydrogen-bond acceptors (Lipinski definition) is 4. The van der Waals surface area contributed by atoms with E-state index in [4.69, 9.17) is 5.84 Å². The van der Waals surface area contributed by atoms with E-state index in [1.165, 1.54) is 11.3 Å². The molecule has 1 aromatic heterocycles. The van der Waals surface area contributed by atoms with E-state index in [9.17, 15) is 8.78 Å². The van der Waals surface area contributed by atoms with Gasteiger partial charge in [-0.05, 0) is 18.2 Å². The van der Waals surface area contributed by atoms with E-state index in [1.807, 2.05) is 0 Å². The summed E-state index contributed by atoms with van der Waals surface area (Å²) in [5.41, 5.74) is 3.04. The second-order valence-corrected chi connectivity index (χ2v) is 4.07. The molecule has 2 rings (SSSR count). The number of benzene rings is 1. The molecule has 0 aliphatic carbocycles. The van der Waals surface area contributed by atoms with Gasteiger partial charge in [-0.1, -0.05) is 0 Å². The first-order valence-corrected chi connectivity index (χ1v) is 5.42. The highest BCUT2D eigenvalue weighted by molar-refractivity contribution is 7.09. The molecule has 0 amide bonds. The first-order chi connectivity index (χ1) is 7.70. The Morgan fingerprint density at radius 2 is 2.19 bits per heavy atom. The third-order valence-corrected chi connectivity index (χ3v) is 2.86. The van der Waals surface area contributed by atoms with Gasteiger partial charge in [-0.25, -0.2) is 13.8 Å². The molecule has 0 saturated carbocycles. The van der Waals surface area contributed by atoms with Crippen molar-refractivity contribution in [1.82, 2.24) is 10.4 Å². The number of hydrogen-bond donors (Lipinski definition) is 2. The molecule has 0 radical (unpaired) electrons. The van der Waals surface area contributed by atoms with Gasteiger partial charge in [0.25, 0.3) is 0 Å². The van der Waals surface area contributed by atoms with Crippen LogP contribution in [-0.4, -0.2) is 4.98 Å². The van der Waals surface area contributed by atoms with E-state index in [-0.39, 0.29) is 5.56 Å². The highest BCUT2D eigenvalue weighted by atomic mass is 32.1. The maximum Gasteiger partial charge on any atom is 0.132 e. The largest absolute Gasteiger partial charge is 0.271 e. The third kappa shape index (κ3) is 2.24. The predicted octanol–water partition coefficient (Wildman–Crippen LogP) is 2.05. The van der Waals surface area contributed by atoms with Crippen LogP contribution in [-0.2, 0) is 6.54 Å². The van der Waals surface area contributed by atoms with Gasteiger partial charge in [-0.15, -0.1) is 11.3 Å². The van der Waals surface area contributed by atoms with Crippen molar-refractivity contribution in [3.05, 3.63) is 40.2 Å². The van der Waals surface area contributed by atoms with Gasteiger partial charge in [-0.3, -0.25) is 11.3 Å². The van der Waals surface area contributed by atoms with Crippen LogP contribution in [0.3, 0.4) is 0 Å². The number of thiazole rings is 1. The van der Waals surface area contributed by atoms with Gasteiger partial charge in [0, 0.05) is 10.9 Å². The molecule has 3 N–H and O–H groups in total. The highest BCUT2D eigenvalue weighted by Crippen LogP contribution is 2.25. The van der Waals surface area contributed by atoms with Crippen molar-refractivity contribution in [3.8, 4) is 11.3 Å². The quantitative estimate of drug-likeness (QED) is 0.638. The molecule has 1 heterocycles. The van der Waals surface area contributed by atoms with Crippen LogP contribution >= 0.6 is 11.3 Å². The lowest BCUT2D eigenvalue weighted by molar-refractivity contribution is 0.602. The van der Waals surface area contributed by atoms with Crippen LogP contribution in [0.15, 0.2) is 23.6 Å². The summed E-state index contributed by atoms with van der Waals surface area (Å²) < 4.78 is 26.4. The number of nitrogens with zero attached hydrogens (tertiary/aromatic N) is 1. The maximum atomic E-state index is 13.4. The van der Waals surface area contributed by atoms with Crippen molar-refractivity contribution in [3.63, 3.8) is 0 Å². The molecule has 0 bridgehead atoms. The zero-order valence-corrected chi connectivity index (χ0v) is 9.02. The van der Waals surface area contributed by atoms with E-state index >= 15 is 0 Å². The molecule has 2 aromatic rings. The Bertz CT molecular complexity index is 499. The lowest BCUT2D eigenvalue weighted by atomic mass is 10.1. The Labute approximate surface area is 94.9 Å². The Morgan fingerprint density at radius 1 is 1.38 bits per heavy atom. The van der Waals surface area contributed by atoms with Crippen LogP contribution in [0.4, 0.5) is 8.78 Å². The van der Waals surface area contributed by atoms with E-state index in [2.05, 4.69) is 10.4 Å². The molecule has 0 atom stereocenters. The monoisotopic (exact) mass is 241 g/mol. The smallest absolute Gasteiger partial charge is 0.132 e. The number of hydrazine groups is 1. The lowest BCUT2D eigenvalue weighted by Gasteiger charge is -1.99. The van der Waals surface area contributed by atoms with Gasteiger partial charge < -0.3 is 0 Å². The van der Waals surface area contributed by atoms with Crippen LogP contribution in [0.25, 0.3) is 11.3 Å². The molecule has 16 heavy (non-hydrogen) atoms. The Morgan fingerprint density at radius 3 is 2.94 bits per heavy atom. The number of aromatic nitrogens is 1. The second kappa shape index (κ2) is 4.65. The summed E-state index contributed by atoms with van der Waals surface area (Å²) in [5.74, 6) is 4.17. The number of nitrogens with one attached hydrogen (secondary N) is 1. The second-order valence-electron chi connectivity index (χ2n) is 3.13. The van der Waals surface area contributed by atoms with Crippen molar-refractivity contribution in [1.29, 1.82) is 0 Å². The first-order valence-electron chi connectivity index (χ1n) is 4.54. The molecule has 0 unspecified atom stereocenters. The van der Waals surface area contributed by atoms with Crippen LogP contribution in [0, 0.1) is 11.6 Å². The first kappa shape index (κ1) is 11.1. The van der Waals surface area contributed by atoms with E-state index < -0.39 is 11.6 Å². The number of rotatable bonds is 3. The molecule has 3 nitrogen and oxygen atoms in total.